The van der Waals surface area contributed by atoms with Gasteiger partial charge in [0.1, 0.15) is 5.58 Å². The van der Waals surface area contributed by atoms with E-state index in [9.17, 15) is 9.59 Å². The maximum absolute atomic E-state index is 12.4. The predicted molar refractivity (Wildman–Crippen MR) is 92.2 cm³/mol. The van der Waals surface area contributed by atoms with Crippen LogP contribution in [0.4, 0.5) is 0 Å². The molecular formula is C19H23NO5. The number of furan rings is 1. The van der Waals surface area contributed by atoms with Crippen LogP contribution in [0.25, 0.3) is 11.0 Å². The minimum absolute atomic E-state index is 0.0999. The van der Waals surface area contributed by atoms with E-state index in [1.54, 1.807) is 18.1 Å². The number of benzene rings is 1. The molecule has 1 aliphatic rings. The number of piperidine rings is 1. The van der Waals surface area contributed by atoms with Crippen molar-refractivity contribution < 1.29 is 23.5 Å². The first kappa shape index (κ1) is 17.5. The van der Waals surface area contributed by atoms with Crippen LogP contribution in [0.1, 0.15) is 35.9 Å². The molecule has 0 spiro atoms. The Balaban J connectivity index is 1.69. The smallest absolute Gasteiger partial charge is 0.375 e. The van der Waals surface area contributed by atoms with Crippen LogP contribution in [-0.4, -0.2) is 43.6 Å². The Bertz CT molecular complexity index is 766. The summed E-state index contributed by atoms with van der Waals surface area (Å²) in [7, 11) is 1.55. The van der Waals surface area contributed by atoms with Crippen molar-refractivity contribution in [1.29, 1.82) is 0 Å². The number of carbonyl (C=O) groups is 2. The average molecular weight is 345 g/mol. The highest BCUT2D eigenvalue weighted by Gasteiger charge is 2.25. The highest BCUT2D eigenvalue weighted by atomic mass is 16.5. The molecule has 1 aliphatic heterocycles. The molecule has 0 radical (unpaired) electrons. The Morgan fingerprint density at radius 3 is 2.88 bits per heavy atom. The third-order valence-electron chi connectivity index (χ3n) is 4.51. The lowest BCUT2D eigenvalue weighted by atomic mass is 10.0. The van der Waals surface area contributed by atoms with Gasteiger partial charge in [-0.15, -0.1) is 0 Å². The summed E-state index contributed by atoms with van der Waals surface area (Å²) in [5.74, 6) is -0.217. The molecule has 3 rings (SSSR count). The Morgan fingerprint density at radius 2 is 2.12 bits per heavy atom. The van der Waals surface area contributed by atoms with Crippen LogP contribution in [0.3, 0.4) is 0 Å². The van der Waals surface area contributed by atoms with Gasteiger partial charge in [-0.1, -0.05) is 25.1 Å². The van der Waals surface area contributed by atoms with E-state index < -0.39 is 5.97 Å². The maximum Gasteiger partial charge on any atom is 0.375 e. The molecular weight excluding hydrogens is 322 g/mol. The molecule has 25 heavy (non-hydrogen) atoms. The van der Waals surface area contributed by atoms with Crippen LogP contribution in [0, 0.1) is 5.92 Å². The molecule has 2 aromatic rings. The van der Waals surface area contributed by atoms with Crippen LogP contribution in [0.15, 0.2) is 28.7 Å². The van der Waals surface area contributed by atoms with Gasteiger partial charge in [0.25, 0.3) is 5.91 Å². The van der Waals surface area contributed by atoms with E-state index >= 15 is 0 Å². The number of nitrogens with zero attached hydrogens (tertiary/aromatic N) is 1. The number of methoxy groups -OCH3 is 1. The Morgan fingerprint density at radius 1 is 1.32 bits per heavy atom. The predicted octanol–water partition coefficient (Wildman–Crippen LogP) is 2.99. The zero-order chi connectivity index (χ0) is 17.8. The number of likely N-dealkylation sites (tertiary alicyclic amines) is 1. The average Bonchev–Trinajstić information content (AvgIpc) is 2.98. The van der Waals surface area contributed by atoms with Crippen LogP contribution >= 0.6 is 0 Å². The number of hydrogen-bond acceptors (Lipinski definition) is 5. The summed E-state index contributed by atoms with van der Waals surface area (Å²) >= 11 is 0. The van der Waals surface area contributed by atoms with Crippen molar-refractivity contribution in [2.45, 2.75) is 26.4 Å². The van der Waals surface area contributed by atoms with Gasteiger partial charge >= 0.3 is 5.97 Å². The molecule has 6 nitrogen and oxygen atoms in total. The van der Waals surface area contributed by atoms with Gasteiger partial charge in [0.2, 0.25) is 5.76 Å². The summed E-state index contributed by atoms with van der Waals surface area (Å²) in [6, 6.07) is 7.35. The van der Waals surface area contributed by atoms with E-state index in [0.717, 1.165) is 31.3 Å². The van der Waals surface area contributed by atoms with Crippen LogP contribution in [-0.2, 0) is 20.9 Å². The van der Waals surface area contributed by atoms with Crippen LogP contribution in [0.2, 0.25) is 0 Å². The molecule has 1 unspecified atom stereocenters. The second kappa shape index (κ2) is 7.70. The molecule has 0 saturated carbocycles. The number of esters is 1. The van der Waals surface area contributed by atoms with Gasteiger partial charge in [-0.3, -0.25) is 4.79 Å². The molecule has 1 atom stereocenters. The molecule has 134 valence electrons. The molecule has 6 heteroatoms. The van der Waals surface area contributed by atoms with Gasteiger partial charge in [-0.25, -0.2) is 4.79 Å². The van der Waals surface area contributed by atoms with E-state index in [1.807, 2.05) is 18.2 Å². The molecule has 1 fully saturated rings. The molecule has 1 aromatic heterocycles. The zero-order valence-electron chi connectivity index (χ0n) is 14.6. The summed E-state index contributed by atoms with van der Waals surface area (Å²) in [4.78, 5) is 26.4. The van der Waals surface area contributed by atoms with Gasteiger partial charge < -0.3 is 18.8 Å². The number of hydrogen-bond donors (Lipinski definition) is 0. The number of carbonyl (C=O) groups excluding carboxylic acids is 2. The highest BCUT2D eigenvalue weighted by molar-refractivity contribution is 5.96. The van der Waals surface area contributed by atoms with E-state index in [0.29, 0.717) is 17.1 Å². The van der Waals surface area contributed by atoms with Crippen LogP contribution < -0.4 is 0 Å². The zero-order valence-corrected chi connectivity index (χ0v) is 14.6. The first-order valence-electron chi connectivity index (χ1n) is 8.54. The SMILES string of the molecule is COCc1c(C(=O)OCC(=O)N2CCCC(C)C2)oc2ccccc12. The quantitative estimate of drug-likeness (QED) is 0.779. The van der Waals surface area contributed by atoms with Crippen molar-refractivity contribution in [3.8, 4) is 0 Å². The third kappa shape index (κ3) is 3.85. The summed E-state index contributed by atoms with van der Waals surface area (Å²) in [5.41, 5.74) is 1.24. The third-order valence-corrected chi connectivity index (χ3v) is 4.51. The lowest BCUT2D eigenvalue weighted by Gasteiger charge is -2.30. The van der Waals surface area contributed by atoms with Crippen molar-refractivity contribution in [2.75, 3.05) is 26.8 Å². The van der Waals surface area contributed by atoms with Gasteiger partial charge in [-0.2, -0.15) is 0 Å². The molecule has 1 saturated heterocycles. The fourth-order valence-electron chi connectivity index (χ4n) is 3.25. The lowest BCUT2D eigenvalue weighted by molar-refractivity contribution is -0.136. The molecule has 0 aliphatic carbocycles. The van der Waals surface area contributed by atoms with E-state index in [4.69, 9.17) is 13.9 Å². The molecule has 0 bridgehead atoms. The molecule has 1 aromatic carbocycles. The highest BCUT2D eigenvalue weighted by Crippen LogP contribution is 2.27. The van der Waals surface area contributed by atoms with E-state index in [-0.39, 0.29) is 24.9 Å². The van der Waals surface area contributed by atoms with Crippen LogP contribution in [0.5, 0.6) is 0 Å². The Labute approximate surface area is 146 Å². The summed E-state index contributed by atoms with van der Waals surface area (Å²) in [6.07, 6.45) is 2.12. The van der Waals surface area contributed by atoms with Crippen molar-refractivity contribution in [2.24, 2.45) is 5.92 Å². The van der Waals surface area contributed by atoms with Crippen molar-refractivity contribution >= 4 is 22.8 Å². The van der Waals surface area contributed by atoms with Gasteiger partial charge in [0.05, 0.1) is 6.61 Å². The molecule has 1 amide bonds. The van der Waals surface area contributed by atoms with Gasteiger partial charge in [-0.05, 0) is 24.8 Å². The number of rotatable bonds is 5. The minimum atomic E-state index is -0.637. The number of fused-ring (bicyclic) bond motifs is 1. The lowest BCUT2D eigenvalue weighted by Crippen LogP contribution is -2.41. The van der Waals surface area contributed by atoms with Crippen molar-refractivity contribution in [3.05, 3.63) is 35.6 Å². The first-order valence-corrected chi connectivity index (χ1v) is 8.54. The Kier molecular flexibility index (Phi) is 5.38. The number of para-hydroxylation sites is 1. The van der Waals surface area contributed by atoms with Gasteiger partial charge in [0, 0.05) is 31.1 Å². The second-order valence-electron chi connectivity index (χ2n) is 6.50. The van der Waals surface area contributed by atoms with E-state index in [1.165, 1.54) is 0 Å². The molecule has 0 N–H and O–H groups in total. The van der Waals surface area contributed by atoms with Gasteiger partial charge in [0.15, 0.2) is 6.61 Å². The summed E-state index contributed by atoms with van der Waals surface area (Å²) < 4.78 is 16.0. The normalized spacial score (nSPS) is 17.7. The van der Waals surface area contributed by atoms with Crippen molar-refractivity contribution in [1.82, 2.24) is 4.90 Å². The summed E-state index contributed by atoms with van der Waals surface area (Å²) in [6.45, 7) is 3.53. The fraction of sp³-hybridized carbons (Fsp3) is 0.474. The first-order chi connectivity index (χ1) is 12.1. The molecule has 2 heterocycles. The minimum Gasteiger partial charge on any atom is -0.450 e. The van der Waals surface area contributed by atoms with E-state index in [2.05, 4.69) is 6.92 Å². The Hall–Kier alpha value is -2.34. The second-order valence-corrected chi connectivity index (χ2v) is 6.50. The standard InChI is InChI=1S/C19H23NO5/c1-13-6-5-9-20(10-13)17(21)12-24-19(22)18-15(11-23-2)14-7-3-4-8-16(14)25-18/h3-4,7-8,13H,5-6,9-12H2,1-2H3. The number of amides is 1. The largest absolute Gasteiger partial charge is 0.450 e. The number of ether oxygens (including phenoxy) is 2. The monoisotopic (exact) mass is 345 g/mol. The maximum atomic E-state index is 12.4. The fourth-order valence-corrected chi connectivity index (χ4v) is 3.25. The summed E-state index contributed by atoms with van der Waals surface area (Å²) in [5, 5.41) is 0.812. The van der Waals surface area contributed by atoms with Crippen molar-refractivity contribution in [3.63, 3.8) is 0 Å². The topological polar surface area (TPSA) is 69.0 Å².